The molecule has 0 atom stereocenters. The highest BCUT2D eigenvalue weighted by atomic mass is 16.2. The second-order valence-electron chi connectivity index (χ2n) is 6.14. The third kappa shape index (κ3) is 3.27. The Morgan fingerprint density at radius 3 is 2.76 bits per heavy atom. The van der Waals surface area contributed by atoms with Crippen LogP contribution in [0.1, 0.15) is 41.4 Å². The molecule has 0 saturated heterocycles. The van der Waals surface area contributed by atoms with Gasteiger partial charge in [0.1, 0.15) is 5.69 Å². The number of aryl methyl sites for hydroxylation is 2. The number of nitrogens with zero attached hydrogens (tertiary/aromatic N) is 2. The van der Waals surface area contributed by atoms with E-state index in [1.807, 2.05) is 19.1 Å². The van der Waals surface area contributed by atoms with Crippen molar-refractivity contribution in [1.29, 1.82) is 5.26 Å². The maximum Gasteiger partial charge on any atom is 0.272 e. The van der Waals surface area contributed by atoms with Crippen LogP contribution < -0.4 is 5.32 Å². The van der Waals surface area contributed by atoms with E-state index in [1.165, 1.54) is 0 Å². The highest BCUT2D eigenvalue weighted by Gasteiger charge is 2.20. The second-order valence-corrected chi connectivity index (χ2v) is 6.14. The molecule has 3 aromatic rings. The summed E-state index contributed by atoms with van der Waals surface area (Å²) in [5.74, 6) is -0.139. The van der Waals surface area contributed by atoms with Gasteiger partial charge in [-0.1, -0.05) is 37.6 Å². The summed E-state index contributed by atoms with van der Waals surface area (Å²) >= 11 is 0. The number of unbranched alkanes of at least 4 members (excludes halogenated alkanes) is 1. The molecule has 0 aliphatic carbocycles. The molecule has 0 fully saturated rings. The summed E-state index contributed by atoms with van der Waals surface area (Å²) in [6.07, 6.45) is 2.08. The number of nitrogens with one attached hydrogen (secondary N) is 1. The fraction of sp³-hybridized carbons (Fsp3) is 0.238. The number of carbonyl (C=O) groups excluding carboxylic acids is 1. The average molecular weight is 331 g/mol. The summed E-state index contributed by atoms with van der Waals surface area (Å²) in [4.78, 5) is 13.0. The number of rotatable bonds is 5. The average Bonchev–Trinajstić information content (AvgIpc) is 2.92. The number of fused-ring (bicyclic) bond motifs is 1. The fourth-order valence-corrected chi connectivity index (χ4v) is 3.17. The van der Waals surface area contributed by atoms with Crippen LogP contribution in [0.25, 0.3) is 10.9 Å². The van der Waals surface area contributed by atoms with Gasteiger partial charge in [0.25, 0.3) is 5.91 Å². The first-order valence-electron chi connectivity index (χ1n) is 8.55. The van der Waals surface area contributed by atoms with Gasteiger partial charge in [-0.05, 0) is 43.2 Å². The molecule has 0 bridgehead atoms. The van der Waals surface area contributed by atoms with Gasteiger partial charge in [0.15, 0.2) is 0 Å². The molecule has 4 nitrogen and oxygen atoms in total. The lowest BCUT2D eigenvalue weighted by Gasteiger charge is -2.12. The van der Waals surface area contributed by atoms with Crippen molar-refractivity contribution in [3.63, 3.8) is 0 Å². The van der Waals surface area contributed by atoms with E-state index in [0.717, 1.165) is 35.9 Å². The summed E-state index contributed by atoms with van der Waals surface area (Å²) in [6, 6.07) is 17.2. The lowest BCUT2D eigenvalue weighted by Crippen LogP contribution is -2.18. The van der Waals surface area contributed by atoms with E-state index in [-0.39, 0.29) is 5.91 Å². The monoisotopic (exact) mass is 331 g/mol. The summed E-state index contributed by atoms with van der Waals surface area (Å²) in [5, 5.41) is 13.1. The predicted molar refractivity (Wildman–Crippen MR) is 101 cm³/mol. The Morgan fingerprint density at radius 1 is 1.20 bits per heavy atom. The minimum Gasteiger partial charge on any atom is -0.336 e. The lowest BCUT2D eigenvalue weighted by molar-refractivity contribution is 0.101. The maximum absolute atomic E-state index is 13.0. The molecular weight excluding hydrogens is 310 g/mol. The van der Waals surface area contributed by atoms with Gasteiger partial charge < -0.3 is 9.88 Å². The zero-order valence-electron chi connectivity index (χ0n) is 14.5. The Hall–Kier alpha value is -3.06. The molecule has 1 N–H and O–H groups in total. The Balaban J connectivity index is 2.02. The van der Waals surface area contributed by atoms with E-state index in [4.69, 9.17) is 5.26 Å². The van der Waals surface area contributed by atoms with Crippen molar-refractivity contribution in [3.05, 3.63) is 65.4 Å². The molecule has 0 radical (unpaired) electrons. The molecule has 2 aromatic carbocycles. The standard InChI is InChI=1S/C21H21N3O/c1-3-4-12-24-19-11-6-5-10-18(19)15(2)20(24)21(25)23-17-9-7-8-16(13-17)14-22/h5-11,13H,3-4,12H2,1-2H3,(H,23,25). The zero-order chi connectivity index (χ0) is 17.8. The number of benzene rings is 2. The molecule has 0 unspecified atom stereocenters. The van der Waals surface area contributed by atoms with E-state index in [2.05, 4.69) is 35.0 Å². The van der Waals surface area contributed by atoms with Crippen molar-refractivity contribution in [2.75, 3.05) is 5.32 Å². The van der Waals surface area contributed by atoms with Gasteiger partial charge >= 0.3 is 0 Å². The molecule has 1 heterocycles. The smallest absolute Gasteiger partial charge is 0.272 e. The molecular formula is C21H21N3O. The molecule has 0 saturated carbocycles. The van der Waals surface area contributed by atoms with Crippen molar-refractivity contribution in [2.24, 2.45) is 0 Å². The van der Waals surface area contributed by atoms with Crippen LogP contribution in [-0.4, -0.2) is 10.5 Å². The second kappa shape index (κ2) is 7.23. The quantitative estimate of drug-likeness (QED) is 0.725. The third-order valence-electron chi connectivity index (χ3n) is 4.42. The molecule has 1 aromatic heterocycles. The van der Waals surface area contributed by atoms with E-state index in [0.29, 0.717) is 16.9 Å². The maximum atomic E-state index is 13.0. The highest BCUT2D eigenvalue weighted by molar-refractivity contribution is 6.08. The van der Waals surface area contributed by atoms with Crippen molar-refractivity contribution >= 4 is 22.5 Å². The molecule has 1 amide bonds. The fourth-order valence-electron chi connectivity index (χ4n) is 3.17. The summed E-state index contributed by atoms with van der Waals surface area (Å²) in [5.41, 5.74) is 3.93. The number of aromatic nitrogens is 1. The van der Waals surface area contributed by atoms with Gasteiger partial charge in [-0.25, -0.2) is 0 Å². The van der Waals surface area contributed by atoms with Crippen LogP contribution in [0.15, 0.2) is 48.5 Å². The number of anilines is 1. The first-order valence-corrected chi connectivity index (χ1v) is 8.55. The number of hydrogen-bond acceptors (Lipinski definition) is 2. The molecule has 4 heteroatoms. The number of carbonyl (C=O) groups is 1. The zero-order valence-corrected chi connectivity index (χ0v) is 14.5. The van der Waals surface area contributed by atoms with Crippen LogP contribution in [-0.2, 0) is 6.54 Å². The number of para-hydroxylation sites is 1. The van der Waals surface area contributed by atoms with E-state index >= 15 is 0 Å². The number of hydrogen-bond donors (Lipinski definition) is 1. The van der Waals surface area contributed by atoms with Gasteiger partial charge in [-0.3, -0.25) is 4.79 Å². The van der Waals surface area contributed by atoms with Crippen LogP contribution >= 0.6 is 0 Å². The Bertz CT molecular complexity index is 963. The highest BCUT2D eigenvalue weighted by Crippen LogP contribution is 2.27. The van der Waals surface area contributed by atoms with E-state index in [1.54, 1.807) is 24.3 Å². The van der Waals surface area contributed by atoms with Crippen LogP contribution in [0.4, 0.5) is 5.69 Å². The van der Waals surface area contributed by atoms with Crippen LogP contribution in [0.3, 0.4) is 0 Å². The van der Waals surface area contributed by atoms with Gasteiger partial charge in [-0.15, -0.1) is 0 Å². The van der Waals surface area contributed by atoms with Crippen molar-refractivity contribution in [1.82, 2.24) is 4.57 Å². The summed E-state index contributed by atoms with van der Waals surface area (Å²) < 4.78 is 2.11. The third-order valence-corrected chi connectivity index (χ3v) is 4.42. The summed E-state index contributed by atoms with van der Waals surface area (Å²) in [6.45, 7) is 4.95. The number of nitriles is 1. The predicted octanol–water partition coefficient (Wildman–Crippen LogP) is 4.87. The largest absolute Gasteiger partial charge is 0.336 e. The van der Waals surface area contributed by atoms with E-state index < -0.39 is 0 Å². The Labute approximate surface area is 147 Å². The molecule has 0 aliphatic rings. The first kappa shape index (κ1) is 16.8. The van der Waals surface area contributed by atoms with Crippen LogP contribution in [0, 0.1) is 18.3 Å². The topological polar surface area (TPSA) is 57.8 Å². The Kier molecular flexibility index (Phi) is 4.85. The number of amides is 1. The van der Waals surface area contributed by atoms with Crippen LogP contribution in [0.5, 0.6) is 0 Å². The molecule has 126 valence electrons. The molecule has 25 heavy (non-hydrogen) atoms. The Morgan fingerprint density at radius 2 is 2.00 bits per heavy atom. The van der Waals surface area contributed by atoms with Gasteiger partial charge in [0.05, 0.1) is 11.6 Å². The van der Waals surface area contributed by atoms with Gasteiger partial charge in [-0.2, -0.15) is 5.26 Å². The van der Waals surface area contributed by atoms with Crippen molar-refractivity contribution in [3.8, 4) is 6.07 Å². The minimum atomic E-state index is -0.139. The first-order chi connectivity index (χ1) is 12.2. The molecule has 0 spiro atoms. The minimum absolute atomic E-state index is 0.139. The lowest BCUT2D eigenvalue weighted by atomic mass is 10.1. The summed E-state index contributed by atoms with van der Waals surface area (Å²) in [7, 11) is 0. The van der Waals surface area contributed by atoms with Crippen molar-refractivity contribution < 1.29 is 4.79 Å². The van der Waals surface area contributed by atoms with Crippen LogP contribution in [0.2, 0.25) is 0 Å². The molecule has 0 aliphatic heterocycles. The SMILES string of the molecule is CCCCn1c(C(=O)Nc2cccc(C#N)c2)c(C)c2ccccc21. The van der Waals surface area contributed by atoms with Gasteiger partial charge in [0, 0.05) is 23.1 Å². The van der Waals surface area contributed by atoms with Gasteiger partial charge in [0.2, 0.25) is 0 Å². The van der Waals surface area contributed by atoms with E-state index in [9.17, 15) is 4.79 Å². The molecule has 3 rings (SSSR count). The normalized spacial score (nSPS) is 10.6. The van der Waals surface area contributed by atoms with Crippen molar-refractivity contribution in [2.45, 2.75) is 33.2 Å².